The summed E-state index contributed by atoms with van der Waals surface area (Å²) in [5.74, 6) is 1.53. The van der Waals surface area contributed by atoms with Gasteiger partial charge in [-0.05, 0) is 37.7 Å². The third-order valence-electron chi connectivity index (χ3n) is 4.64. The average Bonchev–Trinajstić information content (AvgIpc) is 3.28. The number of amides is 1. The number of furan rings is 1. The molecule has 1 aliphatic rings. The molecule has 1 aliphatic heterocycles. The van der Waals surface area contributed by atoms with Crippen LogP contribution in [0.25, 0.3) is 21.0 Å². The standard InChI is InChI=1S/C20H21N3O2S/c1-23-11-5-4-6-14(23)12-19(24)21-13-15-9-10-17(25-15)20-22-16-7-2-3-8-18(16)26-20/h2-5,7-10,14H,6,11-13H2,1H3,(H,21,24). The fraction of sp³-hybridized carbons (Fsp3) is 0.300. The molecule has 26 heavy (non-hydrogen) atoms. The van der Waals surface area contributed by atoms with Crippen molar-refractivity contribution in [3.63, 3.8) is 0 Å². The summed E-state index contributed by atoms with van der Waals surface area (Å²) in [7, 11) is 2.05. The molecule has 3 heterocycles. The molecule has 1 unspecified atom stereocenters. The van der Waals surface area contributed by atoms with Crippen molar-refractivity contribution in [2.24, 2.45) is 0 Å². The Kier molecular flexibility index (Phi) is 4.86. The highest BCUT2D eigenvalue weighted by Crippen LogP contribution is 2.31. The second-order valence-electron chi connectivity index (χ2n) is 6.53. The van der Waals surface area contributed by atoms with Gasteiger partial charge in [0.05, 0.1) is 16.8 Å². The summed E-state index contributed by atoms with van der Waals surface area (Å²) >= 11 is 1.61. The number of thiazole rings is 1. The molecule has 0 fully saturated rings. The minimum absolute atomic E-state index is 0.0510. The van der Waals surface area contributed by atoms with Crippen LogP contribution >= 0.6 is 11.3 Å². The molecule has 1 atom stereocenters. The highest BCUT2D eigenvalue weighted by Gasteiger charge is 2.19. The Balaban J connectivity index is 1.36. The first-order valence-corrected chi connectivity index (χ1v) is 9.57. The van der Waals surface area contributed by atoms with Crippen molar-refractivity contribution in [3.8, 4) is 10.8 Å². The van der Waals surface area contributed by atoms with Crippen LogP contribution in [0, 0.1) is 0 Å². The summed E-state index contributed by atoms with van der Waals surface area (Å²) in [5, 5.41) is 3.82. The Labute approximate surface area is 156 Å². The van der Waals surface area contributed by atoms with E-state index in [1.807, 2.05) is 30.3 Å². The van der Waals surface area contributed by atoms with Gasteiger partial charge in [0.1, 0.15) is 5.76 Å². The van der Waals surface area contributed by atoms with Crippen molar-refractivity contribution in [1.82, 2.24) is 15.2 Å². The Hall–Kier alpha value is -2.44. The molecular formula is C20H21N3O2S. The molecule has 0 saturated heterocycles. The predicted octanol–water partition coefficient (Wildman–Crippen LogP) is 3.82. The molecule has 3 aromatic rings. The van der Waals surface area contributed by atoms with E-state index in [-0.39, 0.29) is 11.9 Å². The van der Waals surface area contributed by atoms with Crippen LogP contribution in [-0.2, 0) is 11.3 Å². The van der Waals surface area contributed by atoms with Gasteiger partial charge in [-0.15, -0.1) is 11.3 Å². The molecule has 0 aliphatic carbocycles. The first-order valence-electron chi connectivity index (χ1n) is 8.75. The Bertz CT molecular complexity index is 910. The zero-order valence-corrected chi connectivity index (χ0v) is 15.5. The molecule has 0 saturated carbocycles. The van der Waals surface area contributed by atoms with Crippen molar-refractivity contribution >= 4 is 27.5 Å². The number of nitrogens with zero attached hydrogens (tertiary/aromatic N) is 2. The molecule has 0 spiro atoms. The number of benzene rings is 1. The normalized spacial score (nSPS) is 17.7. The van der Waals surface area contributed by atoms with Gasteiger partial charge in [0, 0.05) is 19.0 Å². The van der Waals surface area contributed by atoms with Gasteiger partial charge in [-0.1, -0.05) is 24.3 Å². The number of hydrogen-bond acceptors (Lipinski definition) is 5. The van der Waals surface area contributed by atoms with Crippen molar-refractivity contribution < 1.29 is 9.21 Å². The molecule has 1 N–H and O–H groups in total. The number of carbonyl (C=O) groups is 1. The van der Waals surface area contributed by atoms with Crippen LogP contribution < -0.4 is 5.32 Å². The predicted molar refractivity (Wildman–Crippen MR) is 104 cm³/mol. The first-order chi connectivity index (χ1) is 12.7. The molecule has 0 bridgehead atoms. The summed E-state index contributed by atoms with van der Waals surface area (Å²) in [4.78, 5) is 19.0. The van der Waals surface area contributed by atoms with Crippen molar-refractivity contribution in [1.29, 1.82) is 0 Å². The van der Waals surface area contributed by atoms with Gasteiger partial charge in [-0.2, -0.15) is 0 Å². The van der Waals surface area contributed by atoms with E-state index < -0.39 is 0 Å². The maximum atomic E-state index is 12.2. The average molecular weight is 367 g/mol. The maximum absolute atomic E-state index is 12.2. The van der Waals surface area contributed by atoms with E-state index in [1.54, 1.807) is 11.3 Å². The van der Waals surface area contributed by atoms with Crippen LogP contribution in [0.4, 0.5) is 0 Å². The number of hydrogen-bond donors (Lipinski definition) is 1. The fourth-order valence-electron chi connectivity index (χ4n) is 3.10. The highest BCUT2D eigenvalue weighted by atomic mass is 32.1. The molecule has 1 amide bonds. The minimum atomic E-state index is 0.0510. The first kappa shape index (κ1) is 17.0. The zero-order valence-electron chi connectivity index (χ0n) is 14.6. The van der Waals surface area contributed by atoms with Gasteiger partial charge in [-0.25, -0.2) is 4.98 Å². The molecule has 6 heteroatoms. The van der Waals surface area contributed by atoms with Crippen LogP contribution in [0.5, 0.6) is 0 Å². The van der Waals surface area contributed by atoms with Crippen LogP contribution in [0.1, 0.15) is 18.6 Å². The second kappa shape index (κ2) is 7.43. The Morgan fingerprint density at radius 2 is 2.19 bits per heavy atom. The number of aromatic nitrogens is 1. The third-order valence-corrected chi connectivity index (χ3v) is 5.69. The Morgan fingerprint density at radius 1 is 1.31 bits per heavy atom. The van der Waals surface area contributed by atoms with Crippen LogP contribution in [0.2, 0.25) is 0 Å². The van der Waals surface area contributed by atoms with Crippen molar-refractivity contribution in [2.45, 2.75) is 25.4 Å². The number of fused-ring (bicyclic) bond motifs is 1. The van der Waals surface area contributed by atoms with E-state index in [4.69, 9.17) is 4.42 Å². The van der Waals surface area contributed by atoms with Crippen LogP contribution in [-0.4, -0.2) is 35.4 Å². The van der Waals surface area contributed by atoms with E-state index in [0.717, 1.165) is 39.7 Å². The van der Waals surface area contributed by atoms with Gasteiger partial charge in [0.2, 0.25) is 5.91 Å². The summed E-state index contributed by atoms with van der Waals surface area (Å²) in [5.41, 5.74) is 0.976. The molecule has 4 rings (SSSR count). The number of rotatable bonds is 5. The Morgan fingerprint density at radius 3 is 3.04 bits per heavy atom. The molecule has 134 valence electrons. The lowest BCUT2D eigenvalue weighted by Gasteiger charge is -2.28. The lowest BCUT2D eigenvalue weighted by Crippen LogP contribution is -2.38. The van der Waals surface area contributed by atoms with E-state index in [9.17, 15) is 4.79 Å². The van der Waals surface area contributed by atoms with Crippen LogP contribution in [0.3, 0.4) is 0 Å². The summed E-state index contributed by atoms with van der Waals surface area (Å²) < 4.78 is 7.01. The third kappa shape index (κ3) is 3.71. The quantitative estimate of drug-likeness (QED) is 0.697. The summed E-state index contributed by atoms with van der Waals surface area (Å²) in [6.07, 6.45) is 5.72. The topological polar surface area (TPSA) is 58.4 Å². The minimum Gasteiger partial charge on any atom is -0.457 e. The van der Waals surface area contributed by atoms with Crippen LogP contribution in [0.15, 0.2) is 53.0 Å². The summed E-state index contributed by atoms with van der Waals surface area (Å²) in [6.45, 7) is 1.30. The maximum Gasteiger partial charge on any atom is 0.221 e. The summed E-state index contributed by atoms with van der Waals surface area (Å²) in [6, 6.07) is 12.1. The van der Waals surface area contributed by atoms with Gasteiger partial charge < -0.3 is 9.73 Å². The largest absolute Gasteiger partial charge is 0.457 e. The second-order valence-corrected chi connectivity index (χ2v) is 7.56. The number of likely N-dealkylation sites (N-methyl/N-ethyl adjacent to an activating group) is 1. The molecule has 1 aromatic carbocycles. The number of para-hydroxylation sites is 1. The van der Waals surface area contributed by atoms with Gasteiger partial charge in [0.15, 0.2) is 10.8 Å². The van der Waals surface area contributed by atoms with E-state index in [1.165, 1.54) is 0 Å². The van der Waals surface area contributed by atoms with Gasteiger partial charge >= 0.3 is 0 Å². The zero-order chi connectivity index (χ0) is 17.9. The fourth-order valence-corrected chi connectivity index (χ4v) is 4.03. The lowest BCUT2D eigenvalue weighted by molar-refractivity contribution is -0.122. The molecule has 2 aromatic heterocycles. The van der Waals surface area contributed by atoms with E-state index in [2.05, 4.69) is 40.5 Å². The number of carbonyl (C=O) groups excluding carboxylic acids is 1. The van der Waals surface area contributed by atoms with Crippen molar-refractivity contribution in [3.05, 3.63) is 54.3 Å². The highest BCUT2D eigenvalue weighted by molar-refractivity contribution is 7.21. The molecular weight excluding hydrogens is 346 g/mol. The molecule has 0 radical (unpaired) electrons. The lowest BCUT2D eigenvalue weighted by atomic mass is 10.1. The van der Waals surface area contributed by atoms with E-state index >= 15 is 0 Å². The monoisotopic (exact) mass is 367 g/mol. The molecule has 5 nitrogen and oxygen atoms in total. The van der Waals surface area contributed by atoms with Gasteiger partial charge in [-0.3, -0.25) is 9.69 Å². The number of nitrogens with one attached hydrogen (secondary N) is 1. The smallest absolute Gasteiger partial charge is 0.221 e. The van der Waals surface area contributed by atoms with E-state index in [0.29, 0.717) is 13.0 Å². The van der Waals surface area contributed by atoms with Gasteiger partial charge in [0.25, 0.3) is 0 Å². The SMILES string of the molecule is CN1CC=CCC1CC(=O)NCc1ccc(-c2nc3ccccc3s2)o1. The van der Waals surface area contributed by atoms with Crippen molar-refractivity contribution in [2.75, 3.05) is 13.6 Å².